The molecule has 0 spiro atoms. The van der Waals surface area contributed by atoms with E-state index in [1.165, 1.54) is 5.56 Å². The summed E-state index contributed by atoms with van der Waals surface area (Å²) in [4.78, 5) is 12.2. The van der Waals surface area contributed by atoms with E-state index in [-0.39, 0.29) is 11.4 Å². The highest BCUT2D eigenvalue weighted by molar-refractivity contribution is 9.10. The van der Waals surface area contributed by atoms with Crippen molar-refractivity contribution in [2.45, 2.75) is 25.8 Å². The van der Waals surface area contributed by atoms with Gasteiger partial charge in [-0.2, -0.15) is 0 Å². The second-order valence-corrected chi connectivity index (χ2v) is 6.42. The third kappa shape index (κ3) is 4.20. The van der Waals surface area contributed by atoms with Gasteiger partial charge < -0.3 is 5.32 Å². The molecule has 2 nitrogen and oxygen atoms in total. The lowest BCUT2D eigenvalue weighted by molar-refractivity contribution is 0.0913. The predicted octanol–water partition coefficient (Wildman–Crippen LogP) is 4.20. The van der Waals surface area contributed by atoms with Gasteiger partial charge in [0.25, 0.3) is 5.91 Å². The van der Waals surface area contributed by atoms with Crippen molar-refractivity contribution in [1.29, 1.82) is 0 Å². The number of nitrogens with one attached hydrogen (secondary N) is 1. The van der Waals surface area contributed by atoms with Crippen molar-refractivity contribution in [2.75, 3.05) is 0 Å². The molecule has 0 heterocycles. The lowest BCUT2D eigenvalue weighted by atomic mass is 9.94. The van der Waals surface area contributed by atoms with Gasteiger partial charge in [-0.25, -0.2) is 0 Å². The number of carbonyl (C=O) groups excluding carboxylic acids is 1. The molecular weight excluding hydrogens is 314 g/mol. The molecule has 0 aromatic heterocycles. The van der Waals surface area contributed by atoms with Gasteiger partial charge in [-0.05, 0) is 50.1 Å². The van der Waals surface area contributed by atoms with Crippen LogP contribution in [0.4, 0.5) is 0 Å². The average molecular weight is 332 g/mol. The SMILES string of the molecule is CC(C)(Cc1ccccc1)NC(=O)c1ccc(Br)cc1. The maximum atomic E-state index is 12.2. The Bertz CT molecular complexity index is 576. The molecule has 2 aromatic carbocycles. The maximum absolute atomic E-state index is 12.2. The van der Waals surface area contributed by atoms with Gasteiger partial charge in [0.15, 0.2) is 0 Å². The van der Waals surface area contributed by atoms with E-state index in [4.69, 9.17) is 0 Å². The molecule has 1 N–H and O–H groups in total. The van der Waals surface area contributed by atoms with E-state index in [2.05, 4.69) is 33.4 Å². The van der Waals surface area contributed by atoms with Crippen LogP contribution in [0.3, 0.4) is 0 Å². The van der Waals surface area contributed by atoms with Gasteiger partial charge in [0.05, 0.1) is 0 Å². The Morgan fingerprint density at radius 3 is 2.25 bits per heavy atom. The minimum Gasteiger partial charge on any atom is -0.347 e. The molecule has 0 aliphatic carbocycles. The quantitative estimate of drug-likeness (QED) is 0.893. The largest absolute Gasteiger partial charge is 0.347 e. The van der Waals surface area contributed by atoms with Crippen molar-refractivity contribution < 1.29 is 4.79 Å². The molecule has 0 unspecified atom stereocenters. The standard InChI is InChI=1S/C17H18BrNO/c1-17(2,12-13-6-4-3-5-7-13)19-16(20)14-8-10-15(18)11-9-14/h3-11H,12H2,1-2H3,(H,19,20). The lowest BCUT2D eigenvalue weighted by Gasteiger charge is -2.26. The van der Waals surface area contributed by atoms with Crippen LogP contribution < -0.4 is 5.32 Å². The van der Waals surface area contributed by atoms with E-state index in [1.807, 2.05) is 56.3 Å². The third-order valence-corrected chi connectivity index (χ3v) is 3.58. The van der Waals surface area contributed by atoms with Crippen LogP contribution in [-0.4, -0.2) is 11.4 Å². The molecule has 0 saturated carbocycles. The molecule has 0 fully saturated rings. The summed E-state index contributed by atoms with van der Waals surface area (Å²) in [7, 11) is 0. The molecule has 2 rings (SSSR count). The second kappa shape index (κ2) is 6.23. The molecule has 0 bridgehead atoms. The number of carbonyl (C=O) groups is 1. The highest BCUT2D eigenvalue weighted by atomic mass is 79.9. The van der Waals surface area contributed by atoms with E-state index >= 15 is 0 Å². The van der Waals surface area contributed by atoms with E-state index in [1.54, 1.807) is 0 Å². The molecule has 3 heteroatoms. The number of hydrogen-bond donors (Lipinski definition) is 1. The fourth-order valence-corrected chi connectivity index (χ4v) is 2.40. The summed E-state index contributed by atoms with van der Waals surface area (Å²) in [6, 6.07) is 17.6. The second-order valence-electron chi connectivity index (χ2n) is 5.51. The molecule has 0 aliphatic rings. The van der Waals surface area contributed by atoms with E-state index in [0.29, 0.717) is 5.56 Å². The molecule has 0 saturated heterocycles. The Labute approximate surface area is 128 Å². The first-order valence-electron chi connectivity index (χ1n) is 6.58. The summed E-state index contributed by atoms with van der Waals surface area (Å²) in [6.07, 6.45) is 0.802. The number of benzene rings is 2. The minimum absolute atomic E-state index is 0.0431. The zero-order valence-electron chi connectivity index (χ0n) is 11.7. The van der Waals surface area contributed by atoms with Gasteiger partial charge in [-0.1, -0.05) is 46.3 Å². The monoisotopic (exact) mass is 331 g/mol. The number of halogens is 1. The van der Waals surface area contributed by atoms with Gasteiger partial charge in [-0.3, -0.25) is 4.79 Å². The Balaban J connectivity index is 2.04. The Kier molecular flexibility index (Phi) is 4.61. The highest BCUT2D eigenvalue weighted by Gasteiger charge is 2.21. The van der Waals surface area contributed by atoms with Crippen LogP contribution in [0.5, 0.6) is 0 Å². The Morgan fingerprint density at radius 2 is 1.65 bits per heavy atom. The Morgan fingerprint density at radius 1 is 1.05 bits per heavy atom. The fourth-order valence-electron chi connectivity index (χ4n) is 2.13. The fraction of sp³-hybridized carbons (Fsp3) is 0.235. The van der Waals surface area contributed by atoms with Crippen molar-refractivity contribution >= 4 is 21.8 Å². The van der Waals surface area contributed by atoms with Crippen LogP contribution in [-0.2, 0) is 6.42 Å². The first kappa shape index (κ1) is 14.8. The van der Waals surface area contributed by atoms with Crippen LogP contribution in [0.15, 0.2) is 59.1 Å². The third-order valence-electron chi connectivity index (χ3n) is 3.05. The Hall–Kier alpha value is -1.61. The van der Waals surface area contributed by atoms with Crippen LogP contribution in [0.2, 0.25) is 0 Å². The summed E-state index contributed by atoms with van der Waals surface area (Å²) in [5.41, 5.74) is 1.61. The van der Waals surface area contributed by atoms with Crippen LogP contribution in [0.1, 0.15) is 29.8 Å². The topological polar surface area (TPSA) is 29.1 Å². The van der Waals surface area contributed by atoms with Crippen molar-refractivity contribution in [1.82, 2.24) is 5.32 Å². The van der Waals surface area contributed by atoms with Crippen molar-refractivity contribution in [2.24, 2.45) is 0 Å². The van der Waals surface area contributed by atoms with Gasteiger partial charge in [0.1, 0.15) is 0 Å². The first-order chi connectivity index (χ1) is 9.46. The zero-order chi connectivity index (χ0) is 14.6. The summed E-state index contributed by atoms with van der Waals surface area (Å²) in [5, 5.41) is 3.09. The van der Waals surface area contributed by atoms with Gasteiger partial charge >= 0.3 is 0 Å². The molecule has 0 atom stereocenters. The van der Waals surface area contributed by atoms with Crippen molar-refractivity contribution in [3.05, 3.63) is 70.2 Å². The number of hydrogen-bond acceptors (Lipinski definition) is 1. The smallest absolute Gasteiger partial charge is 0.251 e. The van der Waals surface area contributed by atoms with Gasteiger partial charge in [0, 0.05) is 15.6 Å². The van der Waals surface area contributed by atoms with E-state index in [0.717, 1.165) is 10.9 Å². The number of amides is 1. The number of rotatable bonds is 4. The molecule has 104 valence electrons. The summed E-state index contributed by atoms with van der Waals surface area (Å²) in [6.45, 7) is 4.08. The zero-order valence-corrected chi connectivity index (χ0v) is 13.3. The van der Waals surface area contributed by atoms with Crippen molar-refractivity contribution in [3.63, 3.8) is 0 Å². The first-order valence-corrected chi connectivity index (χ1v) is 7.38. The molecule has 1 amide bonds. The average Bonchev–Trinajstić information content (AvgIpc) is 2.39. The summed E-state index contributed by atoms with van der Waals surface area (Å²) >= 11 is 3.37. The maximum Gasteiger partial charge on any atom is 0.251 e. The molecule has 2 aromatic rings. The normalized spacial score (nSPS) is 11.2. The molecule has 0 radical (unpaired) electrons. The van der Waals surface area contributed by atoms with Crippen LogP contribution in [0, 0.1) is 0 Å². The van der Waals surface area contributed by atoms with Crippen LogP contribution >= 0.6 is 15.9 Å². The van der Waals surface area contributed by atoms with Gasteiger partial charge in [0.2, 0.25) is 0 Å². The van der Waals surface area contributed by atoms with Crippen molar-refractivity contribution in [3.8, 4) is 0 Å². The minimum atomic E-state index is -0.286. The molecule has 20 heavy (non-hydrogen) atoms. The predicted molar refractivity (Wildman–Crippen MR) is 85.8 cm³/mol. The lowest BCUT2D eigenvalue weighted by Crippen LogP contribution is -2.45. The molecular formula is C17H18BrNO. The van der Waals surface area contributed by atoms with Crippen LogP contribution in [0.25, 0.3) is 0 Å². The van der Waals surface area contributed by atoms with Gasteiger partial charge in [-0.15, -0.1) is 0 Å². The van der Waals surface area contributed by atoms with E-state index in [9.17, 15) is 4.79 Å². The highest BCUT2D eigenvalue weighted by Crippen LogP contribution is 2.15. The van der Waals surface area contributed by atoms with E-state index < -0.39 is 0 Å². The molecule has 0 aliphatic heterocycles. The summed E-state index contributed by atoms with van der Waals surface area (Å²) < 4.78 is 0.970. The summed E-state index contributed by atoms with van der Waals surface area (Å²) in [5.74, 6) is -0.0431.